The van der Waals surface area contributed by atoms with Gasteiger partial charge in [0.2, 0.25) is 5.41 Å². The quantitative estimate of drug-likeness (QED) is 0.124. The Hall–Kier alpha value is -6.72. The van der Waals surface area contributed by atoms with Crippen molar-refractivity contribution in [2.45, 2.75) is 38.0 Å². The fourth-order valence-corrected chi connectivity index (χ4v) is 7.60. The highest BCUT2D eigenvalue weighted by Gasteiger charge is 2.72. The molecule has 62 heavy (non-hydrogen) atoms. The fourth-order valence-electron chi connectivity index (χ4n) is 7.60. The Kier molecular flexibility index (Phi) is 9.98. The summed E-state index contributed by atoms with van der Waals surface area (Å²) >= 11 is 0. The van der Waals surface area contributed by atoms with E-state index >= 15 is 35.1 Å². The first-order valence-electron chi connectivity index (χ1n) is 18.1. The van der Waals surface area contributed by atoms with Gasteiger partial charge in [-0.3, -0.25) is 0 Å². The van der Waals surface area contributed by atoms with Crippen LogP contribution >= 0.6 is 0 Å². The molecule has 2 heterocycles. The molecule has 18 heteroatoms. The Balaban J connectivity index is 1.14. The number of aryl methyl sites for hydroxylation is 2. The van der Waals surface area contributed by atoms with Gasteiger partial charge in [0, 0.05) is 17.5 Å². The molecule has 0 saturated heterocycles. The molecule has 8 aromatic rings. The number of rotatable bonds is 7. The van der Waals surface area contributed by atoms with Gasteiger partial charge in [0.05, 0.1) is 33.2 Å². The number of fused-ring (bicyclic) bond motifs is 2. The van der Waals surface area contributed by atoms with Gasteiger partial charge in [-0.15, -0.1) is 0 Å². The highest BCUT2D eigenvalue weighted by Crippen LogP contribution is 2.56. The van der Waals surface area contributed by atoms with Crippen molar-refractivity contribution < 1.29 is 61.5 Å². The number of nitrogens with zero attached hydrogens (tertiary/aromatic N) is 2. The third-order valence-electron chi connectivity index (χ3n) is 10.7. The number of hydrogen-bond donors (Lipinski definition) is 2. The van der Waals surface area contributed by atoms with E-state index in [1.807, 2.05) is 0 Å². The summed E-state index contributed by atoms with van der Waals surface area (Å²) in [5.74, 6) is -17.8. The standard InChI is InChI=1S/C44H24F14N4/c1-18-3-9-23(10-4-18)42(43(53,54)55,44(56,57)58)24-11-5-20(6-12-24)31-37(49)33(45)25(34(46)38(31)50)17-26-35(47)39(51)32(40(52)36(26)48)41-61-28-14-8-22(16-30(28)62-41)21-7-13-27-29(15-21)60-19(2)59-27/h3-16H,17H2,1-2H3,(H,59,60)(H,61,62). The first-order valence-corrected chi connectivity index (χ1v) is 18.1. The number of aromatic nitrogens is 4. The number of alkyl halides is 6. The predicted octanol–water partition coefficient (Wildman–Crippen LogP) is 13.2. The number of halogens is 14. The minimum absolute atomic E-state index is 0.113. The Morgan fingerprint density at radius 3 is 1.32 bits per heavy atom. The minimum atomic E-state index is -6.03. The van der Waals surface area contributed by atoms with Gasteiger partial charge < -0.3 is 9.97 Å². The van der Waals surface area contributed by atoms with Crippen molar-refractivity contribution in [3.05, 3.63) is 165 Å². The average Bonchev–Trinajstić information content (AvgIpc) is 3.81. The molecule has 0 aliphatic rings. The van der Waals surface area contributed by atoms with Crippen LogP contribution in [0, 0.1) is 60.4 Å². The predicted molar refractivity (Wildman–Crippen MR) is 200 cm³/mol. The summed E-state index contributed by atoms with van der Waals surface area (Å²) in [6.45, 7) is 3.18. The number of nitrogens with one attached hydrogen (secondary N) is 2. The largest absolute Gasteiger partial charge is 0.411 e. The van der Waals surface area contributed by atoms with Crippen LogP contribution in [0.25, 0.3) is 55.7 Å². The molecule has 6 aromatic carbocycles. The Bertz CT molecular complexity index is 3000. The second kappa shape index (κ2) is 14.7. The fraction of sp³-hybridized carbons (Fsp3) is 0.136. The number of aromatic amines is 2. The van der Waals surface area contributed by atoms with E-state index in [1.54, 1.807) is 37.3 Å². The third-order valence-corrected chi connectivity index (χ3v) is 10.7. The monoisotopic (exact) mass is 874 g/mol. The maximum atomic E-state index is 15.6. The number of H-pyrrole nitrogens is 2. The summed E-state index contributed by atoms with van der Waals surface area (Å²) in [5, 5.41) is 0. The van der Waals surface area contributed by atoms with Crippen molar-refractivity contribution in [3.8, 4) is 33.6 Å². The highest BCUT2D eigenvalue weighted by molar-refractivity contribution is 5.88. The zero-order valence-electron chi connectivity index (χ0n) is 31.5. The van der Waals surface area contributed by atoms with E-state index in [1.165, 1.54) is 13.0 Å². The van der Waals surface area contributed by atoms with Crippen LogP contribution in [0.2, 0.25) is 0 Å². The molecule has 4 nitrogen and oxygen atoms in total. The molecular weight excluding hydrogens is 850 g/mol. The molecule has 2 N–H and O–H groups in total. The summed E-state index contributed by atoms with van der Waals surface area (Å²) in [6.07, 6.45) is -13.9. The van der Waals surface area contributed by atoms with Gasteiger partial charge in [0.15, 0.2) is 46.5 Å². The molecule has 0 spiro atoms. The second-order valence-corrected chi connectivity index (χ2v) is 14.5. The lowest BCUT2D eigenvalue weighted by molar-refractivity contribution is -0.288. The van der Waals surface area contributed by atoms with Crippen molar-refractivity contribution in [3.63, 3.8) is 0 Å². The van der Waals surface area contributed by atoms with Crippen molar-refractivity contribution in [2.75, 3.05) is 0 Å². The van der Waals surface area contributed by atoms with Gasteiger partial charge in [-0.25, -0.2) is 45.1 Å². The van der Waals surface area contributed by atoms with Crippen LogP contribution < -0.4 is 0 Å². The lowest BCUT2D eigenvalue weighted by Gasteiger charge is -2.38. The summed E-state index contributed by atoms with van der Waals surface area (Å²) in [5.41, 5.74) is -11.4. The zero-order chi connectivity index (χ0) is 44.8. The number of hydrogen-bond acceptors (Lipinski definition) is 2. The molecule has 0 aliphatic heterocycles. The van der Waals surface area contributed by atoms with Crippen LogP contribution in [-0.2, 0) is 11.8 Å². The van der Waals surface area contributed by atoms with Crippen molar-refractivity contribution in [1.29, 1.82) is 0 Å². The van der Waals surface area contributed by atoms with Crippen LogP contribution in [-0.4, -0.2) is 32.3 Å². The molecule has 0 amide bonds. The van der Waals surface area contributed by atoms with Crippen molar-refractivity contribution in [2.24, 2.45) is 0 Å². The second-order valence-electron chi connectivity index (χ2n) is 14.5. The van der Waals surface area contributed by atoms with Crippen LogP contribution in [0.3, 0.4) is 0 Å². The van der Waals surface area contributed by atoms with E-state index in [0.29, 0.717) is 52.3 Å². The van der Waals surface area contributed by atoms with Gasteiger partial charge in [0.25, 0.3) is 0 Å². The Morgan fingerprint density at radius 1 is 0.452 bits per heavy atom. The smallest absolute Gasteiger partial charge is 0.342 e. The summed E-state index contributed by atoms with van der Waals surface area (Å²) in [7, 11) is 0. The Morgan fingerprint density at radius 2 is 0.855 bits per heavy atom. The van der Waals surface area contributed by atoms with Crippen LogP contribution in [0.4, 0.5) is 61.5 Å². The topological polar surface area (TPSA) is 57.4 Å². The van der Waals surface area contributed by atoms with Gasteiger partial charge in [-0.2, -0.15) is 26.3 Å². The summed E-state index contributed by atoms with van der Waals surface area (Å²) in [6, 6.07) is 14.3. The third kappa shape index (κ3) is 6.53. The summed E-state index contributed by atoms with van der Waals surface area (Å²) in [4.78, 5) is 14.0. The van der Waals surface area contributed by atoms with Crippen LogP contribution in [0.15, 0.2) is 84.9 Å². The van der Waals surface area contributed by atoms with Gasteiger partial charge in [0.1, 0.15) is 11.6 Å². The molecular formula is C44H24F14N4. The van der Waals surface area contributed by atoms with Crippen LogP contribution in [0.5, 0.6) is 0 Å². The molecule has 0 unspecified atom stereocenters. The van der Waals surface area contributed by atoms with Crippen molar-refractivity contribution in [1.82, 2.24) is 19.9 Å². The van der Waals surface area contributed by atoms with E-state index in [2.05, 4.69) is 19.9 Å². The first kappa shape index (κ1) is 42.0. The van der Waals surface area contributed by atoms with Crippen molar-refractivity contribution >= 4 is 22.1 Å². The van der Waals surface area contributed by atoms with Gasteiger partial charge >= 0.3 is 12.4 Å². The van der Waals surface area contributed by atoms with E-state index in [9.17, 15) is 26.3 Å². The Labute approximate surface area is 339 Å². The molecule has 0 saturated carbocycles. The highest BCUT2D eigenvalue weighted by atomic mass is 19.4. The zero-order valence-corrected chi connectivity index (χ0v) is 31.5. The molecule has 0 aliphatic carbocycles. The van der Waals surface area contributed by atoms with E-state index < -0.39 is 115 Å². The molecule has 318 valence electrons. The van der Waals surface area contributed by atoms with E-state index in [0.717, 1.165) is 17.6 Å². The minimum Gasteiger partial charge on any atom is -0.342 e. The van der Waals surface area contributed by atoms with E-state index in [-0.39, 0.29) is 23.2 Å². The molecule has 0 radical (unpaired) electrons. The SMILES string of the molecule is Cc1ccc(C(c2ccc(-c3c(F)c(F)c(Cc4c(F)c(F)c(-c5nc6ccc(-c7ccc8nc(C)[nH]c8c7)cc6[nH]5)c(F)c4F)c(F)c3F)cc2)(C(F)(F)F)C(F)(F)F)cc1. The molecule has 0 bridgehead atoms. The maximum absolute atomic E-state index is 15.6. The molecule has 0 fully saturated rings. The summed E-state index contributed by atoms with van der Waals surface area (Å²) < 4.78 is 212. The molecule has 8 rings (SSSR count). The molecule has 2 aromatic heterocycles. The van der Waals surface area contributed by atoms with Gasteiger partial charge in [-0.05, 0) is 65.9 Å². The van der Waals surface area contributed by atoms with Crippen LogP contribution in [0.1, 0.15) is 33.6 Å². The molecule has 0 atom stereocenters. The lowest BCUT2D eigenvalue weighted by Crippen LogP contribution is -2.54. The average molecular weight is 875 g/mol. The number of imidazole rings is 2. The first-order chi connectivity index (χ1) is 29.1. The maximum Gasteiger partial charge on any atom is 0.411 e. The van der Waals surface area contributed by atoms with Gasteiger partial charge in [-0.1, -0.05) is 66.2 Å². The normalized spacial score (nSPS) is 12.6. The number of benzene rings is 6. The van der Waals surface area contributed by atoms with E-state index in [4.69, 9.17) is 0 Å². The lowest BCUT2D eigenvalue weighted by atomic mass is 9.72.